The number of hydrogen-bond acceptors (Lipinski definition) is 1. The molecule has 0 fully saturated rings. The molecule has 0 atom stereocenters. The Labute approximate surface area is 289 Å². The Morgan fingerprint density at radius 1 is 0.460 bits per heavy atom. The molecule has 1 aliphatic carbocycles. The van der Waals surface area contributed by atoms with Crippen LogP contribution in [0.1, 0.15) is 22.3 Å². The van der Waals surface area contributed by atoms with Crippen LogP contribution in [0.2, 0.25) is 0 Å². The van der Waals surface area contributed by atoms with Crippen molar-refractivity contribution in [2.45, 2.75) is 5.41 Å². The first-order valence-corrected chi connectivity index (χ1v) is 17.7. The molecule has 0 N–H and O–H groups in total. The Morgan fingerprint density at radius 3 is 1.92 bits per heavy atom. The highest BCUT2D eigenvalue weighted by Crippen LogP contribution is 2.64. The molecule has 50 heavy (non-hydrogen) atoms. The third kappa shape index (κ3) is 2.67. The predicted octanol–water partition coefficient (Wildman–Crippen LogP) is 10.0. The summed E-state index contributed by atoms with van der Waals surface area (Å²) < 4.78 is 2.68. The Bertz CT molecular complexity index is 2980. The normalized spacial score (nSPS) is 14.9. The van der Waals surface area contributed by atoms with Gasteiger partial charge in [0.25, 0.3) is 0 Å². The first-order chi connectivity index (χ1) is 24.9. The second-order valence-electron chi connectivity index (χ2n) is 14.3. The number of rotatable bonds is 0. The first kappa shape index (κ1) is 25.7. The van der Waals surface area contributed by atoms with Gasteiger partial charge in [-0.05, 0) is 78.8 Å². The van der Waals surface area contributed by atoms with Gasteiger partial charge in [0.2, 0.25) is 0 Å². The highest BCUT2D eigenvalue weighted by atomic mass is 15.2. The van der Waals surface area contributed by atoms with Crippen molar-refractivity contribution in [3.63, 3.8) is 0 Å². The second-order valence-corrected chi connectivity index (χ2v) is 14.3. The third-order valence-electron chi connectivity index (χ3n) is 12.3. The molecule has 4 aliphatic rings. The lowest BCUT2D eigenvalue weighted by Gasteiger charge is -2.49. The van der Waals surface area contributed by atoms with Crippen molar-refractivity contribution in [3.8, 4) is 22.3 Å². The monoisotopic (exact) mass is 630 g/mol. The fourth-order valence-corrected chi connectivity index (χ4v) is 10.7. The molecular formula is C47H27BN2. The molecule has 2 nitrogen and oxygen atoms in total. The van der Waals surface area contributed by atoms with Crippen LogP contribution in [0.25, 0.3) is 54.8 Å². The van der Waals surface area contributed by atoms with Crippen molar-refractivity contribution in [2.75, 3.05) is 4.90 Å². The van der Waals surface area contributed by atoms with E-state index in [0.29, 0.717) is 0 Å². The number of fused-ring (bicyclic) bond motifs is 18. The van der Waals surface area contributed by atoms with Crippen molar-refractivity contribution in [1.29, 1.82) is 0 Å². The highest BCUT2D eigenvalue weighted by Gasteiger charge is 2.55. The lowest BCUT2D eigenvalue weighted by Crippen LogP contribution is -2.58. The van der Waals surface area contributed by atoms with Crippen LogP contribution in [-0.4, -0.2) is 11.3 Å². The molecule has 1 aromatic heterocycles. The van der Waals surface area contributed by atoms with Gasteiger partial charge in [0.15, 0.2) is 0 Å². The van der Waals surface area contributed by atoms with Crippen molar-refractivity contribution in [2.24, 2.45) is 0 Å². The molecule has 4 heterocycles. The molecule has 0 saturated carbocycles. The number of aromatic nitrogens is 1. The standard InChI is InChI=1S/C47H27BN2/c1-2-14-29-28(13-1)27-42-44-43(29)34-19-11-18-33-32-17-5-9-25-40(32)50(45(33)34)48(44)39-24-12-23-38-46(39)49(42)41-26-10-8-22-37(41)47(38)35-20-6-3-15-30(35)31-16-4-7-21-36(31)47/h1-27H. The van der Waals surface area contributed by atoms with Crippen LogP contribution in [0.3, 0.4) is 0 Å². The topological polar surface area (TPSA) is 8.17 Å². The smallest absolute Gasteiger partial charge is 0.333 e. The molecule has 3 heteroatoms. The van der Waals surface area contributed by atoms with Gasteiger partial charge in [0.05, 0.1) is 11.1 Å². The maximum Gasteiger partial charge on any atom is 0.333 e. The van der Waals surface area contributed by atoms with Crippen LogP contribution < -0.4 is 15.8 Å². The summed E-state index contributed by atoms with van der Waals surface area (Å²) in [5, 5.41) is 5.23. The molecule has 9 aromatic rings. The molecule has 0 amide bonds. The van der Waals surface area contributed by atoms with Gasteiger partial charge >= 0.3 is 6.85 Å². The zero-order chi connectivity index (χ0) is 32.3. The number of benzene rings is 8. The summed E-state index contributed by atoms with van der Waals surface area (Å²) in [6.07, 6.45) is 0. The SMILES string of the molecule is c1ccc2c(c1)-c1ccccc1C21c2ccccc2N2c3cc4ccccc4c4c3B(c3cccc1c32)n1c2ccccc2c2cccc-4c21. The third-order valence-corrected chi connectivity index (χ3v) is 12.3. The van der Waals surface area contributed by atoms with Gasteiger partial charge in [-0.1, -0.05) is 146 Å². The van der Waals surface area contributed by atoms with E-state index in [1.165, 1.54) is 105 Å². The maximum atomic E-state index is 2.68. The molecular weight excluding hydrogens is 603 g/mol. The Morgan fingerprint density at radius 2 is 1.08 bits per heavy atom. The zero-order valence-electron chi connectivity index (χ0n) is 27.1. The lowest BCUT2D eigenvalue weighted by molar-refractivity contribution is 0.753. The van der Waals surface area contributed by atoms with Crippen molar-refractivity contribution >= 4 is 67.4 Å². The van der Waals surface area contributed by atoms with Crippen LogP contribution in [0.15, 0.2) is 164 Å². The number of nitrogens with zero attached hydrogens (tertiary/aromatic N) is 2. The average Bonchev–Trinajstić information content (AvgIpc) is 3.67. The summed E-state index contributed by atoms with van der Waals surface area (Å²) in [6.45, 7) is 0.0160. The second kappa shape index (κ2) is 8.63. The summed E-state index contributed by atoms with van der Waals surface area (Å²) in [4.78, 5) is 2.63. The Kier molecular flexibility index (Phi) is 4.43. The van der Waals surface area contributed by atoms with Gasteiger partial charge in [0, 0.05) is 38.7 Å². The van der Waals surface area contributed by atoms with E-state index in [0.717, 1.165) is 0 Å². The predicted molar refractivity (Wildman–Crippen MR) is 208 cm³/mol. The summed E-state index contributed by atoms with van der Waals surface area (Å²) in [6, 6.07) is 62.1. The summed E-state index contributed by atoms with van der Waals surface area (Å²) in [5.41, 5.74) is 19.6. The fraction of sp³-hybridized carbons (Fsp3) is 0.0213. The lowest BCUT2D eigenvalue weighted by atomic mass is 9.43. The summed E-state index contributed by atoms with van der Waals surface area (Å²) >= 11 is 0. The van der Waals surface area contributed by atoms with E-state index in [1.807, 2.05) is 0 Å². The Balaban J connectivity index is 1.27. The highest BCUT2D eigenvalue weighted by molar-refractivity contribution is 6.90. The molecule has 0 saturated heterocycles. The molecule has 0 bridgehead atoms. The van der Waals surface area contributed by atoms with E-state index in [4.69, 9.17) is 0 Å². The van der Waals surface area contributed by atoms with Crippen LogP contribution in [0, 0.1) is 0 Å². The van der Waals surface area contributed by atoms with E-state index in [-0.39, 0.29) is 6.85 Å². The molecule has 1 spiro atoms. The molecule has 3 aliphatic heterocycles. The Hall–Kier alpha value is -6.32. The summed E-state index contributed by atoms with van der Waals surface area (Å²) in [5.74, 6) is 0. The minimum absolute atomic E-state index is 0.0160. The molecule has 228 valence electrons. The van der Waals surface area contributed by atoms with Crippen LogP contribution in [0.4, 0.5) is 17.1 Å². The van der Waals surface area contributed by atoms with Crippen LogP contribution in [0.5, 0.6) is 0 Å². The van der Waals surface area contributed by atoms with E-state index in [2.05, 4.69) is 173 Å². The molecule has 8 aromatic carbocycles. The minimum atomic E-state index is -0.441. The van der Waals surface area contributed by atoms with Crippen molar-refractivity contribution < 1.29 is 0 Å². The minimum Gasteiger partial charge on any atom is -0.375 e. The van der Waals surface area contributed by atoms with Gasteiger partial charge in [-0.3, -0.25) is 0 Å². The molecule has 0 radical (unpaired) electrons. The van der Waals surface area contributed by atoms with Gasteiger partial charge in [-0.2, -0.15) is 0 Å². The van der Waals surface area contributed by atoms with Gasteiger partial charge in [0.1, 0.15) is 0 Å². The van der Waals surface area contributed by atoms with Crippen LogP contribution >= 0.6 is 0 Å². The van der Waals surface area contributed by atoms with E-state index in [1.54, 1.807) is 0 Å². The van der Waals surface area contributed by atoms with Gasteiger partial charge < -0.3 is 9.38 Å². The zero-order valence-corrected chi connectivity index (χ0v) is 27.1. The first-order valence-electron chi connectivity index (χ1n) is 17.7. The quantitative estimate of drug-likeness (QED) is 0.152. The van der Waals surface area contributed by atoms with Gasteiger partial charge in [-0.25, -0.2) is 0 Å². The van der Waals surface area contributed by atoms with Crippen LogP contribution in [-0.2, 0) is 5.41 Å². The van der Waals surface area contributed by atoms with Crippen molar-refractivity contribution in [3.05, 3.63) is 186 Å². The summed E-state index contributed by atoms with van der Waals surface area (Å²) in [7, 11) is 0. The fourth-order valence-electron chi connectivity index (χ4n) is 10.7. The maximum absolute atomic E-state index is 2.68. The van der Waals surface area contributed by atoms with E-state index >= 15 is 0 Å². The average molecular weight is 631 g/mol. The number of anilines is 3. The van der Waals surface area contributed by atoms with E-state index < -0.39 is 5.41 Å². The van der Waals surface area contributed by atoms with Crippen molar-refractivity contribution in [1.82, 2.24) is 4.48 Å². The number of para-hydroxylation sites is 4. The molecule has 13 rings (SSSR count). The van der Waals surface area contributed by atoms with E-state index in [9.17, 15) is 0 Å². The number of hydrogen-bond donors (Lipinski definition) is 0. The van der Waals surface area contributed by atoms with Gasteiger partial charge in [-0.15, -0.1) is 0 Å². The largest absolute Gasteiger partial charge is 0.375 e. The molecule has 0 unspecified atom stereocenters.